The molecule has 1 aliphatic rings. The molecule has 0 aliphatic carbocycles. The minimum Gasteiger partial charge on any atom is -0.320 e. The molecular formula is C25H16Cl3N3O2S. The van der Waals surface area contributed by atoms with E-state index in [0.717, 1.165) is 5.56 Å². The molecule has 0 radical (unpaired) electrons. The highest BCUT2D eigenvalue weighted by molar-refractivity contribution is 8.05. The summed E-state index contributed by atoms with van der Waals surface area (Å²) in [6.07, 6.45) is 0.386. The average molecular weight is 529 g/mol. The maximum Gasteiger partial charge on any atom is 0.269 e. The van der Waals surface area contributed by atoms with Crippen LogP contribution in [-0.4, -0.2) is 17.1 Å². The van der Waals surface area contributed by atoms with Gasteiger partial charge in [0.05, 0.1) is 16.0 Å². The largest absolute Gasteiger partial charge is 0.320 e. The lowest BCUT2D eigenvalue weighted by atomic mass is 10.1. The smallest absolute Gasteiger partial charge is 0.269 e. The number of nitriles is 1. The number of carbonyl (C=O) groups is 2. The fraction of sp³-hybridized carbons (Fsp3) is 0.0800. The quantitative estimate of drug-likeness (QED) is 0.295. The average Bonchev–Trinajstić information content (AvgIpc) is 3.12. The van der Waals surface area contributed by atoms with Crippen LogP contribution in [0.4, 0.5) is 11.4 Å². The Morgan fingerprint density at radius 3 is 2.44 bits per heavy atom. The SMILES string of the molecule is N#C/C(C(=O)Nc1cc(Cl)ccc1Cl)=C1/S[C@H](Cc2cccc(Cl)c2)C(=O)N1c1ccccc1. The molecule has 2 amide bonds. The Morgan fingerprint density at radius 2 is 1.74 bits per heavy atom. The fourth-order valence-electron chi connectivity index (χ4n) is 3.46. The summed E-state index contributed by atoms with van der Waals surface area (Å²) < 4.78 is 0. The van der Waals surface area contributed by atoms with E-state index in [-0.39, 0.29) is 27.2 Å². The van der Waals surface area contributed by atoms with Gasteiger partial charge in [-0.15, -0.1) is 0 Å². The Hall–Kier alpha value is -2.95. The van der Waals surface area contributed by atoms with Gasteiger partial charge in [0.25, 0.3) is 5.91 Å². The predicted molar refractivity (Wildman–Crippen MR) is 138 cm³/mol. The number of nitrogens with one attached hydrogen (secondary N) is 1. The summed E-state index contributed by atoms with van der Waals surface area (Å²) in [5.41, 5.74) is 1.50. The molecule has 34 heavy (non-hydrogen) atoms. The van der Waals surface area contributed by atoms with Gasteiger partial charge in [-0.25, -0.2) is 0 Å². The van der Waals surface area contributed by atoms with Crippen molar-refractivity contribution in [3.63, 3.8) is 0 Å². The van der Waals surface area contributed by atoms with Gasteiger partial charge in [-0.1, -0.05) is 76.9 Å². The molecule has 1 atom stereocenters. The van der Waals surface area contributed by atoms with Crippen LogP contribution in [0.1, 0.15) is 5.56 Å². The second kappa shape index (κ2) is 10.5. The van der Waals surface area contributed by atoms with Gasteiger partial charge in [-0.3, -0.25) is 14.5 Å². The van der Waals surface area contributed by atoms with Crippen LogP contribution in [-0.2, 0) is 16.0 Å². The summed E-state index contributed by atoms with van der Waals surface area (Å²) >= 11 is 19.5. The van der Waals surface area contributed by atoms with E-state index in [2.05, 4.69) is 5.32 Å². The first-order valence-corrected chi connectivity index (χ1v) is 12.1. The van der Waals surface area contributed by atoms with E-state index in [1.807, 2.05) is 24.3 Å². The van der Waals surface area contributed by atoms with Crippen molar-refractivity contribution in [1.82, 2.24) is 0 Å². The van der Waals surface area contributed by atoms with Crippen molar-refractivity contribution in [1.29, 1.82) is 5.26 Å². The van der Waals surface area contributed by atoms with E-state index in [1.54, 1.807) is 48.5 Å². The molecule has 0 unspecified atom stereocenters. The maximum atomic E-state index is 13.5. The molecule has 3 aromatic rings. The molecular weight excluding hydrogens is 513 g/mol. The first-order chi connectivity index (χ1) is 16.4. The molecule has 1 fully saturated rings. The second-order valence-electron chi connectivity index (χ2n) is 7.32. The molecule has 1 aliphatic heterocycles. The van der Waals surface area contributed by atoms with Crippen LogP contribution in [0, 0.1) is 11.3 Å². The summed E-state index contributed by atoms with van der Waals surface area (Å²) in [5, 5.41) is 13.5. The Labute approximate surface area is 215 Å². The van der Waals surface area contributed by atoms with Crippen molar-refractivity contribution in [2.24, 2.45) is 0 Å². The van der Waals surface area contributed by atoms with Gasteiger partial charge < -0.3 is 5.32 Å². The van der Waals surface area contributed by atoms with Crippen LogP contribution in [0.5, 0.6) is 0 Å². The lowest BCUT2D eigenvalue weighted by Gasteiger charge is -2.18. The Balaban J connectivity index is 1.73. The number of thioether (sulfide) groups is 1. The van der Waals surface area contributed by atoms with Crippen molar-refractivity contribution < 1.29 is 9.59 Å². The van der Waals surface area contributed by atoms with Crippen LogP contribution in [0.2, 0.25) is 15.1 Å². The zero-order valence-electron chi connectivity index (χ0n) is 17.5. The van der Waals surface area contributed by atoms with E-state index in [9.17, 15) is 14.9 Å². The number of nitrogens with zero attached hydrogens (tertiary/aromatic N) is 2. The summed E-state index contributed by atoms with van der Waals surface area (Å²) in [4.78, 5) is 28.0. The minimum absolute atomic E-state index is 0.202. The van der Waals surface area contributed by atoms with Crippen molar-refractivity contribution in [3.8, 4) is 6.07 Å². The fourth-order valence-corrected chi connectivity index (χ4v) is 5.31. The second-order valence-corrected chi connectivity index (χ2v) is 9.79. The van der Waals surface area contributed by atoms with E-state index in [1.165, 1.54) is 22.7 Å². The van der Waals surface area contributed by atoms with Gasteiger partial charge in [0.1, 0.15) is 16.7 Å². The third-order valence-electron chi connectivity index (χ3n) is 5.01. The van der Waals surface area contributed by atoms with Crippen molar-refractivity contribution in [2.45, 2.75) is 11.7 Å². The van der Waals surface area contributed by atoms with Crippen LogP contribution in [0.25, 0.3) is 0 Å². The zero-order valence-corrected chi connectivity index (χ0v) is 20.6. The van der Waals surface area contributed by atoms with Crippen LogP contribution in [0.15, 0.2) is 83.4 Å². The third kappa shape index (κ3) is 5.24. The highest BCUT2D eigenvalue weighted by Gasteiger charge is 2.40. The topological polar surface area (TPSA) is 73.2 Å². The molecule has 1 heterocycles. The number of rotatable bonds is 5. The Morgan fingerprint density at radius 1 is 1.00 bits per heavy atom. The Bertz CT molecular complexity index is 1340. The minimum atomic E-state index is -0.689. The number of anilines is 2. The molecule has 4 rings (SSSR count). The van der Waals surface area contributed by atoms with Crippen LogP contribution < -0.4 is 10.2 Å². The molecule has 0 bridgehead atoms. The van der Waals surface area contributed by atoms with Gasteiger partial charge in [0.15, 0.2) is 0 Å². The number of carbonyl (C=O) groups excluding carboxylic acids is 2. The van der Waals surface area contributed by atoms with Crippen molar-refractivity contribution in [3.05, 3.63) is 104 Å². The van der Waals surface area contributed by atoms with Gasteiger partial charge in [-0.2, -0.15) is 5.26 Å². The van der Waals surface area contributed by atoms with Gasteiger partial charge in [0, 0.05) is 15.7 Å². The standard InChI is InChI=1S/C25H16Cl3N3O2S/c26-16-6-4-5-15(11-16)12-22-24(33)31(18-7-2-1-3-8-18)25(34-22)19(14-29)23(32)30-21-13-17(27)9-10-20(21)28/h1-11,13,22H,12H2,(H,30,32)/b25-19-/t22-/m1/s1. The molecule has 0 aromatic heterocycles. The van der Waals surface area contributed by atoms with Crippen molar-refractivity contribution >= 4 is 69.8 Å². The number of benzene rings is 3. The van der Waals surface area contributed by atoms with E-state index >= 15 is 0 Å². The molecule has 1 N–H and O–H groups in total. The molecule has 1 saturated heterocycles. The summed E-state index contributed by atoms with van der Waals surface area (Å²) in [6.45, 7) is 0. The van der Waals surface area contributed by atoms with Gasteiger partial charge in [-0.05, 0) is 54.4 Å². The molecule has 170 valence electrons. The molecule has 9 heteroatoms. The first-order valence-electron chi connectivity index (χ1n) is 10.1. The third-order valence-corrected chi connectivity index (χ3v) is 7.07. The monoisotopic (exact) mass is 527 g/mol. The molecule has 0 saturated carbocycles. The number of amides is 2. The lowest BCUT2D eigenvalue weighted by molar-refractivity contribution is -0.117. The number of para-hydroxylation sites is 1. The lowest BCUT2D eigenvalue weighted by Crippen LogP contribution is -2.30. The van der Waals surface area contributed by atoms with Gasteiger partial charge >= 0.3 is 0 Å². The zero-order chi connectivity index (χ0) is 24.2. The highest BCUT2D eigenvalue weighted by atomic mass is 35.5. The highest BCUT2D eigenvalue weighted by Crippen LogP contribution is 2.42. The Kier molecular flexibility index (Phi) is 7.50. The normalized spacial score (nSPS) is 16.8. The van der Waals surface area contributed by atoms with E-state index in [4.69, 9.17) is 34.8 Å². The number of hydrogen-bond donors (Lipinski definition) is 1. The molecule has 3 aromatic carbocycles. The van der Waals surface area contributed by atoms with Crippen LogP contribution >= 0.6 is 46.6 Å². The van der Waals surface area contributed by atoms with Gasteiger partial charge in [0.2, 0.25) is 5.91 Å². The summed E-state index contributed by atoms with van der Waals surface area (Å²) in [5.74, 6) is -0.918. The summed E-state index contributed by atoms with van der Waals surface area (Å²) in [6, 6.07) is 22.7. The molecule has 0 spiro atoms. The number of hydrogen-bond acceptors (Lipinski definition) is 4. The van der Waals surface area contributed by atoms with Crippen molar-refractivity contribution in [2.75, 3.05) is 10.2 Å². The maximum absolute atomic E-state index is 13.5. The molecule has 5 nitrogen and oxygen atoms in total. The van der Waals surface area contributed by atoms with E-state index in [0.29, 0.717) is 22.2 Å². The first kappa shape index (κ1) is 24.2. The van der Waals surface area contributed by atoms with Crippen LogP contribution in [0.3, 0.4) is 0 Å². The predicted octanol–water partition coefficient (Wildman–Crippen LogP) is 6.71. The number of halogens is 3. The summed E-state index contributed by atoms with van der Waals surface area (Å²) in [7, 11) is 0. The van der Waals surface area contributed by atoms with E-state index < -0.39 is 11.2 Å².